The SMILES string of the molecule is CCCC1CC1(O)C1CCC1. The number of hydrogen-bond donors (Lipinski definition) is 1. The van der Waals surface area contributed by atoms with Crippen molar-refractivity contribution in [2.75, 3.05) is 0 Å². The summed E-state index contributed by atoms with van der Waals surface area (Å²) in [5.74, 6) is 1.34. The average molecular weight is 154 g/mol. The van der Waals surface area contributed by atoms with E-state index >= 15 is 0 Å². The molecule has 0 aromatic carbocycles. The van der Waals surface area contributed by atoms with Crippen molar-refractivity contribution < 1.29 is 5.11 Å². The van der Waals surface area contributed by atoms with Crippen LogP contribution in [0.5, 0.6) is 0 Å². The second kappa shape index (κ2) is 2.48. The summed E-state index contributed by atoms with van der Waals surface area (Å²) in [6, 6.07) is 0. The van der Waals surface area contributed by atoms with Gasteiger partial charge in [-0.3, -0.25) is 0 Å². The first kappa shape index (κ1) is 7.60. The molecule has 64 valence electrons. The van der Waals surface area contributed by atoms with Gasteiger partial charge in [-0.2, -0.15) is 0 Å². The lowest BCUT2D eigenvalue weighted by atomic mass is 9.78. The van der Waals surface area contributed by atoms with Crippen LogP contribution < -0.4 is 0 Å². The Labute approximate surface area is 68.8 Å². The molecule has 0 aromatic heterocycles. The summed E-state index contributed by atoms with van der Waals surface area (Å²) in [6.45, 7) is 2.21. The highest BCUT2D eigenvalue weighted by atomic mass is 16.3. The third kappa shape index (κ3) is 1.10. The van der Waals surface area contributed by atoms with Gasteiger partial charge in [0.1, 0.15) is 0 Å². The van der Waals surface area contributed by atoms with Gasteiger partial charge in [-0.25, -0.2) is 0 Å². The second-order valence-electron chi connectivity index (χ2n) is 4.31. The van der Waals surface area contributed by atoms with Crippen molar-refractivity contribution in [3.05, 3.63) is 0 Å². The van der Waals surface area contributed by atoms with Crippen LogP contribution in [0.15, 0.2) is 0 Å². The fourth-order valence-corrected chi connectivity index (χ4v) is 2.44. The van der Waals surface area contributed by atoms with E-state index in [-0.39, 0.29) is 5.60 Å². The number of rotatable bonds is 3. The monoisotopic (exact) mass is 154 g/mol. The van der Waals surface area contributed by atoms with Crippen molar-refractivity contribution in [2.24, 2.45) is 11.8 Å². The fraction of sp³-hybridized carbons (Fsp3) is 1.00. The molecule has 0 heterocycles. The molecule has 2 rings (SSSR count). The van der Waals surface area contributed by atoms with E-state index in [1.54, 1.807) is 0 Å². The zero-order valence-corrected chi connectivity index (χ0v) is 7.34. The molecule has 1 N–H and O–H groups in total. The van der Waals surface area contributed by atoms with Gasteiger partial charge in [0.05, 0.1) is 5.60 Å². The molecule has 2 saturated carbocycles. The highest BCUT2D eigenvalue weighted by Gasteiger charge is 2.57. The maximum Gasteiger partial charge on any atom is 0.0708 e. The molecular weight excluding hydrogens is 136 g/mol. The van der Waals surface area contributed by atoms with Crippen LogP contribution in [0.2, 0.25) is 0 Å². The van der Waals surface area contributed by atoms with Crippen molar-refractivity contribution in [1.82, 2.24) is 0 Å². The van der Waals surface area contributed by atoms with E-state index in [2.05, 4.69) is 6.92 Å². The molecule has 0 saturated heterocycles. The zero-order chi connectivity index (χ0) is 7.90. The molecule has 11 heavy (non-hydrogen) atoms. The Bertz CT molecular complexity index is 151. The van der Waals surface area contributed by atoms with Crippen molar-refractivity contribution in [3.63, 3.8) is 0 Å². The van der Waals surface area contributed by atoms with Crippen LogP contribution in [-0.4, -0.2) is 10.7 Å². The minimum Gasteiger partial charge on any atom is -0.389 e. The van der Waals surface area contributed by atoms with Gasteiger partial charge in [0, 0.05) is 0 Å². The molecule has 0 aliphatic heterocycles. The molecule has 2 unspecified atom stereocenters. The van der Waals surface area contributed by atoms with Gasteiger partial charge >= 0.3 is 0 Å². The molecule has 2 fully saturated rings. The van der Waals surface area contributed by atoms with Gasteiger partial charge in [-0.1, -0.05) is 19.8 Å². The van der Waals surface area contributed by atoms with E-state index in [9.17, 15) is 5.11 Å². The predicted molar refractivity (Wildman–Crippen MR) is 45.3 cm³/mol. The minimum atomic E-state index is -0.186. The Morgan fingerprint density at radius 3 is 2.64 bits per heavy atom. The average Bonchev–Trinajstić information content (AvgIpc) is 2.38. The normalized spacial score (nSPS) is 43.6. The zero-order valence-electron chi connectivity index (χ0n) is 7.34. The number of hydrogen-bond acceptors (Lipinski definition) is 1. The summed E-state index contributed by atoms with van der Waals surface area (Å²) >= 11 is 0. The maximum atomic E-state index is 10.0. The lowest BCUT2D eigenvalue weighted by Gasteiger charge is -2.31. The molecule has 1 nitrogen and oxygen atoms in total. The molecule has 1 heteroatoms. The first-order valence-electron chi connectivity index (χ1n) is 4.99. The van der Waals surface area contributed by atoms with E-state index in [4.69, 9.17) is 0 Å². The highest BCUT2D eigenvalue weighted by Crippen LogP contribution is 2.57. The van der Waals surface area contributed by atoms with Crippen molar-refractivity contribution in [1.29, 1.82) is 0 Å². The van der Waals surface area contributed by atoms with Crippen LogP contribution in [0, 0.1) is 11.8 Å². The number of aliphatic hydroxyl groups is 1. The van der Waals surface area contributed by atoms with Gasteiger partial charge in [0.15, 0.2) is 0 Å². The largest absolute Gasteiger partial charge is 0.389 e. The van der Waals surface area contributed by atoms with Gasteiger partial charge in [-0.05, 0) is 37.5 Å². The standard InChI is InChI=1S/C10H18O/c1-2-4-9-7-10(9,11)8-5-3-6-8/h8-9,11H,2-7H2,1H3. The third-order valence-corrected chi connectivity index (χ3v) is 3.57. The van der Waals surface area contributed by atoms with Gasteiger partial charge in [0.2, 0.25) is 0 Å². The first-order valence-corrected chi connectivity index (χ1v) is 4.99. The summed E-state index contributed by atoms with van der Waals surface area (Å²) < 4.78 is 0. The van der Waals surface area contributed by atoms with E-state index in [1.165, 1.54) is 32.1 Å². The smallest absolute Gasteiger partial charge is 0.0708 e. The second-order valence-corrected chi connectivity index (χ2v) is 4.31. The Balaban J connectivity index is 1.84. The molecule has 0 amide bonds. The highest BCUT2D eigenvalue weighted by molar-refractivity contribution is 5.09. The fourth-order valence-electron chi connectivity index (χ4n) is 2.44. The molecular formula is C10H18O. The molecule has 2 aliphatic carbocycles. The van der Waals surface area contributed by atoms with Crippen LogP contribution in [-0.2, 0) is 0 Å². The van der Waals surface area contributed by atoms with E-state index in [0.29, 0.717) is 11.8 Å². The lowest BCUT2D eigenvalue weighted by molar-refractivity contribution is 0.0233. The minimum absolute atomic E-state index is 0.186. The van der Waals surface area contributed by atoms with Gasteiger partial charge < -0.3 is 5.11 Å². The summed E-state index contributed by atoms with van der Waals surface area (Å²) in [4.78, 5) is 0. The van der Waals surface area contributed by atoms with E-state index < -0.39 is 0 Å². The third-order valence-electron chi connectivity index (χ3n) is 3.57. The molecule has 2 atom stereocenters. The lowest BCUT2D eigenvalue weighted by Crippen LogP contribution is -2.30. The van der Waals surface area contributed by atoms with Crippen molar-refractivity contribution in [3.8, 4) is 0 Å². The van der Waals surface area contributed by atoms with Crippen LogP contribution in [0.25, 0.3) is 0 Å². The molecule has 0 spiro atoms. The first-order chi connectivity index (χ1) is 5.27. The summed E-state index contributed by atoms with van der Waals surface area (Å²) in [5.41, 5.74) is -0.186. The Morgan fingerprint density at radius 2 is 2.18 bits per heavy atom. The predicted octanol–water partition coefficient (Wildman–Crippen LogP) is 2.34. The van der Waals surface area contributed by atoms with Crippen molar-refractivity contribution in [2.45, 2.75) is 51.0 Å². The molecule has 0 radical (unpaired) electrons. The van der Waals surface area contributed by atoms with Gasteiger partial charge in [0.25, 0.3) is 0 Å². The van der Waals surface area contributed by atoms with E-state index in [1.807, 2.05) is 0 Å². The van der Waals surface area contributed by atoms with Crippen LogP contribution in [0.3, 0.4) is 0 Å². The van der Waals surface area contributed by atoms with Gasteiger partial charge in [-0.15, -0.1) is 0 Å². The summed E-state index contributed by atoms with van der Waals surface area (Å²) in [7, 11) is 0. The Kier molecular flexibility index (Phi) is 1.71. The summed E-state index contributed by atoms with van der Waals surface area (Å²) in [6.07, 6.45) is 7.51. The quantitative estimate of drug-likeness (QED) is 0.661. The molecule has 0 bridgehead atoms. The van der Waals surface area contributed by atoms with Crippen molar-refractivity contribution >= 4 is 0 Å². The van der Waals surface area contributed by atoms with E-state index in [0.717, 1.165) is 6.42 Å². The van der Waals surface area contributed by atoms with Crippen LogP contribution >= 0.6 is 0 Å². The van der Waals surface area contributed by atoms with Crippen LogP contribution in [0.1, 0.15) is 45.4 Å². The molecule has 0 aromatic rings. The Morgan fingerprint density at radius 1 is 1.45 bits per heavy atom. The molecule has 2 aliphatic rings. The maximum absolute atomic E-state index is 10.0. The Hall–Kier alpha value is -0.0400. The topological polar surface area (TPSA) is 20.2 Å². The summed E-state index contributed by atoms with van der Waals surface area (Å²) in [5, 5.41) is 10.0. The van der Waals surface area contributed by atoms with Crippen LogP contribution in [0.4, 0.5) is 0 Å².